The maximum absolute atomic E-state index is 12.2. The van der Waals surface area contributed by atoms with Gasteiger partial charge in [0, 0.05) is 19.1 Å². The van der Waals surface area contributed by atoms with Gasteiger partial charge in [-0.05, 0) is 44.8 Å². The number of nitrogens with zero attached hydrogens (tertiary/aromatic N) is 7. The maximum atomic E-state index is 12.2. The normalized spacial score (nSPS) is 15.4. The molecule has 4 rings (SSSR count). The van der Waals surface area contributed by atoms with Crippen molar-refractivity contribution in [2.75, 3.05) is 46.2 Å². The summed E-state index contributed by atoms with van der Waals surface area (Å²) in [6.07, 6.45) is 2.51. The number of likely N-dealkylation sites (tertiary alicyclic amines) is 1. The topological polar surface area (TPSA) is 139 Å². The lowest BCUT2D eigenvalue weighted by Gasteiger charge is -2.19. The van der Waals surface area contributed by atoms with Gasteiger partial charge in [-0.1, -0.05) is 5.21 Å². The van der Waals surface area contributed by atoms with Crippen LogP contribution in [0.2, 0.25) is 0 Å². The largest absolute Gasteiger partial charge is 0.497 e. The van der Waals surface area contributed by atoms with Gasteiger partial charge in [0.2, 0.25) is 11.9 Å². The van der Waals surface area contributed by atoms with E-state index in [9.17, 15) is 4.79 Å². The standard InChI is InChI=1S/C19H24N8O2.CH2O2/c1-25(2)12-17(28)26-9-8-13(11-26)21-19-20-10-16-18(22-19)27(24-23-16)14-4-6-15(29-3)7-5-14;2-1-3/h4-7,10,13H,8-9,11-12H2,1-3H3,(H,20,21,22);1H,(H,2,3)/t13-;/m0./s1. The van der Waals surface area contributed by atoms with Crippen LogP contribution in [0.15, 0.2) is 30.5 Å². The Morgan fingerprint density at radius 1 is 1.34 bits per heavy atom. The maximum Gasteiger partial charge on any atom is 0.290 e. The number of benzene rings is 1. The lowest BCUT2D eigenvalue weighted by molar-refractivity contribution is -0.130. The minimum Gasteiger partial charge on any atom is -0.497 e. The molecule has 0 radical (unpaired) electrons. The van der Waals surface area contributed by atoms with Gasteiger partial charge in [0.1, 0.15) is 5.75 Å². The summed E-state index contributed by atoms with van der Waals surface area (Å²) < 4.78 is 6.87. The van der Waals surface area contributed by atoms with E-state index in [4.69, 9.17) is 14.6 Å². The number of fused-ring (bicyclic) bond motifs is 1. The average Bonchev–Trinajstić information content (AvgIpc) is 3.41. The van der Waals surface area contributed by atoms with E-state index < -0.39 is 0 Å². The number of likely N-dealkylation sites (N-methyl/N-ethyl adjacent to an activating group) is 1. The molecule has 12 heteroatoms. The summed E-state index contributed by atoms with van der Waals surface area (Å²) in [7, 11) is 5.42. The van der Waals surface area contributed by atoms with Gasteiger partial charge in [0.15, 0.2) is 11.2 Å². The molecule has 0 unspecified atom stereocenters. The molecule has 2 aromatic heterocycles. The van der Waals surface area contributed by atoms with E-state index in [1.54, 1.807) is 18.0 Å². The smallest absolute Gasteiger partial charge is 0.290 e. The van der Waals surface area contributed by atoms with Crippen LogP contribution in [0, 0.1) is 0 Å². The fraction of sp³-hybridized carbons (Fsp3) is 0.400. The van der Waals surface area contributed by atoms with Gasteiger partial charge in [0.05, 0.1) is 25.5 Å². The number of hydrogen-bond donors (Lipinski definition) is 2. The summed E-state index contributed by atoms with van der Waals surface area (Å²) in [5.41, 5.74) is 2.06. The van der Waals surface area contributed by atoms with Crippen LogP contribution in [0.3, 0.4) is 0 Å². The third-order valence-corrected chi connectivity index (χ3v) is 4.84. The van der Waals surface area contributed by atoms with Crippen molar-refractivity contribution in [3.05, 3.63) is 30.5 Å². The number of carboxylic acid groups (broad SMARTS) is 1. The van der Waals surface area contributed by atoms with Gasteiger partial charge >= 0.3 is 0 Å². The van der Waals surface area contributed by atoms with Crippen molar-refractivity contribution in [3.8, 4) is 11.4 Å². The highest BCUT2D eigenvalue weighted by molar-refractivity contribution is 5.78. The van der Waals surface area contributed by atoms with Crippen molar-refractivity contribution in [1.82, 2.24) is 34.8 Å². The second-order valence-corrected chi connectivity index (χ2v) is 7.41. The van der Waals surface area contributed by atoms with Crippen LogP contribution in [0.4, 0.5) is 5.95 Å². The molecule has 0 aliphatic carbocycles. The number of nitrogens with one attached hydrogen (secondary N) is 1. The van der Waals surface area contributed by atoms with E-state index in [0.717, 1.165) is 24.4 Å². The molecule has 12 nitrogen and oxygen atoms in total. The number of anilines is 1. The monoisotopic (exact) mass is 442 g/mol. The molecule has 0 spiro atoms. The molecule has 1 aliphatic rings. The zero-order valence-electron chi connectivity index (χ0n) is 18.2. The zero-order valence-corrected chi connectivity index (χ0v) is 18.2. The predicted octanol–water partition coefficient (Wildman–Crippen LogP) is 0.494. The number of hydrogen-bond acceptors (Lipinski definition) is 9. The predicted molar refractivity (Wildman–Crippen MR) is 117 cm³/mol. The number of aromatic nitrogens is 5. The molecule has 3 aromatic rings. The number of carbonyl (C=O) groups excluding carboxylic acids is 1. The van der Waals surface area contributed by atoms with Gasteiger partial charge in [-0.15, -0.1) is 5.10 Å². The third kappa shape index (κ3) is 5.46. The number of rotatable bonds is 6. The Balaban J connectivity index is 0.000000913. The summed E-state index contributed by atoms with van der Waals surface area (Å²) in [5.74, 6) is 1.41. The number of carbonyl (C=O) groups is 2. The van der Waals surface area contributed by atoms with Crippen molar-refractivity contribution in [2.24, 2.45) is 0 Å². The zero-order chi connectivity index (χ0) is 23.1. The van der Waals surface area contributed by atoms with Crippen LogP contribution in [0.5, 0.6) is 5.75 Å². The lowest BCUT2D eigenvalue weighted by atomic mass is 10.3. The summed E-state index contributed by atoms with van der Waals surface area (Å²) in [6.45, 7) is 1.55. The summed E-state index contributed by atoms with van der Waals surface area (Å²) in [4.78, 5) is 33.3. The minimum atomic E-state index is -0.250. The summed E-state index contributed by atoms with van der Waals surface area (Å²) in [6, 6.07) is 7.63. The molecule has 1 saturated heterocycles. The first-order chi connectivity index (χ1) is 15.4. The van der Waals surface area contributed by atoms with Gasteiger partial charge in [-0.25, -0.2) is 4.98 Å². The number of ether oxygens (including phenoxy) is 1. The molecule has 1 aromatic carbocycles. The van der Waals surface area contributed by atoms with E-state index in [1.165, 1.54) is 0 Å². The van der Waals surface area contributed by atoms with E-state index in [1.807, 2.05) is 48.2 Å². The Morgan fingerprint density at radius 3 is 2.72 bits per heavy atom. The molecule has 1 amide bonds. The van der Waals surface area contributed by atoms with Crippen LogP contribution in [0.25, 0.3) is 16.9 Å². The average molecular weight is 442 g/mol. The van der Waals surface area contributed by atoms with E-state index >= 15 is 0 Å². The molecule has 0 bridgehead atoms. The number of amides is 1. The van der Waals surface area contributed by atoms with Crippen LogP contribution in [-0.4, -0.2) is 99.1 Å². The molecule has 3 heterocycles. The van der Waals surface area contributed by atoms with Gasteiger partial charge < -0.3 is 25.0 Å². The van der Waals surface area contributed by atoms with Crippen molar-refractivity contribution in [3.63, 3.8) is 0 Å². The molecule has 1 fully saturated rings. The second kappa shape index (κ2) is 10.5. The Morgan fingerprint density at radius 2 is 2.06 bits per heavy atom. The highest BCUT2D eigenvalue weighted by Gasteiger charge is 2.27. The SMILES string of the molecule is COc1ccc(-n2nnc3cnc(N[C@H]4CCN(C(=O)CN(C)C)C4)nc32)cc1.O=CO. The highest BCUT2D eigenvalue weighted by Crippen LogP contribution is 2.19. The van der Waals surface area contributed by atoms with E-state index in [0.29, 0.717) is 30.2 Å². The Kier molecular flexibility index (Phi) is 7.49. The van der Waals surface area contributed by atoms with Crippen LogP contribution in [0.1, 0.15) is 6.42 Å². The van der Waals surface area contributed by atoms with Crippen molar-refractivity contribution >= 4 is 29.5 Å². The molecule has 32 heavy (non-hydrogen) atoms. The highest BCUT2D eigenvalue weighted by atomic mass is 16.5. The Hall–Kier alpha value is -3.80. The van der Waals surface area contributed by atoms with E-state index in [2.05, 4.69) is 25.6 Å². The summed E-state index contributed by atoms with van der Waals surface area (Å²) >= 11 is 0. The van der Waals surface area contributed by atoms with Gasteiger partial charge in [-0.3, -0.25) is 9.59 Å². The minimum absolute atomic E-state index is 0.115. The van der Waals surface area contributed by atoms with Crippen molar-refractivity contribution < 1.29 is 19.4 Å². The van der Waals surface area contributed by atoms with Crippen molar-refractivity contribution in [2.45, 2.75) is 12.5 Å². The quantitative estimate of drug-likeness (QED) is 0.519. The lowest BCUT2D eigenvalue weighted by Crippen LogP contribution is -2.37. The van der Waals surface area contributed by atoms with Crippen LogP contribution < -0.4 is 10.1 Å². The Labute approximate surface area is 184 Å². The van der Waals surface area contributed by atoms with Crippen LogP contribution >= 0.6 is 0 Å². The van der Waals surface area contributed by atoms with Gasteiger partial charge in [0.25, 0.3) is 6.47 Å². The summed E-state index contributed by atoms with van der Waals surface area (Å²) in [5, 5.41) is 18.6. The molecular weight excluding hydrogens is 416 g/mol. The molecule has 2 N–H and O–H groups in total. The molecule has 1 aliphatic heterocycles. The van der Waals surface area contributed by atoms with E-state index in [-0.39, 0.29) is 18.4 Å². The fourth-order valence-corrected chi connectivity index (χ4v) is 3.35. The molecule has 0 saturated carbocycles. The molecule has 170 valence electrons. The Bertz CT molecular complexity index is 1050. The molecular formula is C20H26N8O4. The fourth-order valence-electron chi connectivity index (χ4n) is 3.35. The van der Waals surface area contributed by atoms with Gasteiger partial charge in [-0.2, -0.15) is 9.67 Å². The van der Waals surface area contributed by atoms with Crippen LogP contribution in [-0.2, 0) is 9.59 Å². The first-order valence-corrected chi connectivity index (χ1v) is 9.95. The second-order valence-electron chi connectivity index (χ2n) is 7.41. The number of methoxy groups -OCH3 is 1. The molecule has 1 atom stereocenters. The first kappa shape index (κ1) is 22.9. The van der Waals surface area contributed by atoms with Crippen molar-refractivity contribution in [1.29, 1.82) is 0 Å². The first-order valence-electron chi connectivity index (χ1n) is 9.95. The third-order valence-electron chi connectivity index (χ3n) is 4.84.